The smallest absolute Gasteiger partial charge is 0.359 e. The van der Waals surface area contributed by atoms with Gasteiger partial charge in [0.05, 0.1) is 25.6 Å². The van der Waals surface area contributed by atoms with E-state index in [1.165, 1.54) is 7.11 Å². The maximum Gasteiger partial charge on any atom is 0.359 e. The lowest BCUT2D eigenvalue weighted by atomic mass is 10.0. The van der Waals surface area contributed by atoms with Crippen molar-refractivity contribution < 1.29 is 14.3 Å². The Morgan fingerprint density at radius 1 is 1.42 bits per heavy atom. The number of carbonyl (C=O) groups excluding carboxylic acids is 1. The van der Waals surface area contributed by atoms with E-state index in [0.29, 0.717) is 23.1 Å². The van der Waals surface area contributed by atoms with Crippen molar-refractivity contribution in [2.75, 3.05) is 32.7 Å². The van der Waals surface area contributed by atoms with Crippen LogP contribution in [-0.4, -0.2) is 53.5 Å². The van der Waals surface area contributed by atoms with Crippen LogP contribution >= 0.6 is 0 Å². The molecular formula is C18H25N5O3. The Labute approximate surface area is 153 Å². The lowest BCUT2D eigenvalue weighted by Gasteiger charge is -2.16. The molecule has 0 amide bonds. The molecule has 0 aromatic carbocycles. The molecule has 2 aromatic heterocycles. The maximum absolute atomic E-state index is 12.3. The van der Waals surface area contributed by atoms with Crippen molar-refractivity contribution in [2.45, 2.75) is 26.7 Å². The molecule has 26 heavy (non-hydrogen) atoms. The van der Waals surface area contributed by atoms with E-state index in [-0.39, 0.29) is 18.2 Å². The number of ether oxygens (including phenoxy) is 2. The lowest BCUT2D eigenvalue weighted by Crippen LogP contribution is -2.15. The molecule has 2 aromatic rings. The number of hydrogen-bond acceptors (Lipinski definition) is 7. The highest BCUT2D eigenvalue weighted by Crippen LogP contribution is 2.30. The molecule has 0 aliphatic rings. The first kappa shape index (κ1) is 19.4. The van der Waals surface area contributed by atoms with Gasteiger partial charge in [-0.15, -0.1) is 0 Å². The molecule has 2 heterocycles. The molecule has 0 aliphatic heterocycles. The zero-order chi connectivity index (χ0) is 19.4. The second kappa shape index (κ2) is 7.99. The fourth-order valence-electron chi connectivity index (χ4n) is 2.60. The summed E-state index contributed by atoms with van der Waals surface area (Å²) in [4.78, 5) is 22.8. The second-order valence-electron chi connectivity index (χ2n) is 6.10. The topological polar surface area (TPSA) is 82.4 Å². The Balaban J connectivity index is 2.73. The first-order chi connectivity index (χ1) is 12.3. The fourth-order valence-corrected chi connectivity index (χ4v) is 2.60. The third-order valence-corrected chi connectivity index (χ3v) is 3.72. The second-order valence-corrected chi connectivity index (χ2v) is 6.10. The largest absolute Gasteiger partial charge is 0.479 e. The number of methoxy groups -OCH3 is 1. The molecule has 140 valence electrons. The van der Waals surface area contributed by atoms with Gasteiger partial charge < -0.3 is 14.4 Å². The minimum Gasteiger partial charge on any atom is -0.479 e. The molecule has 8 heteroatoms. The number of rotatable bonds is 7. The fraction of sp³-hybridized carbons (Fsp3) is 0.444. The van der Waals surface area contributed by atoms with Crippen LogP contribution in [0.5, 0.6) is 5.88 Å². The summed E-state index contributed by atoms with van der Waals surface area (Å²) >= 11 is 0. The zero-order valence-electron chi connectivity index (χ0n) is 16.1. The molecule has 0 fully saturated rings. The highest BCUT2D eigenvalue weighted by atomic mass is 16.5. The van der Waals surface area contributed by atoms with Gasteiger partial charge in [-0.05, 0) is 12.8 Å². The van der Waals surface area contributed by atoms with Gasteiger partial charge in [0.15, 0.2) is 5.69 Å². The Kier molecular flexibility index (Phi) is 5.97. The van der Waals surface area contributed by atoms with Crippen LogP contribution in [0.25, 0.3) is 11.8 Å². The van der Waals surface area contributed by atoms with Crippen molar-refractivity contribution in [3.8, 4) is 11.6 Å². The van der Waals surface area contributed by atoms with E-state index < -0.39 is 5.97 Å². The van der Waals surface area contributed by atoms with E-state index in [4.69, 9.17) is 9.47 Å². The number of anilines is 1. The van der Waals surface area contributed by atoms with Gasteiger partial charge in [-0.25, -0.2) is 14.5 Å². The van der Waals surface area contributed by atoms with Crippen LogP contribution in [0.3, 0.4) is 0 Å². The molecule has 0 unspecified atom stereocenters. The van der Waals surface area contributed by atoms with Crippen molar-refractivity contribution in [2.24, 2.45) is 0 Å². The van der Waals surface area contributed by atoms with Crippen molar-refractivity contribution in [1.82, 2.24) is 19.7 Å². The van der Waals surface area contributed by atoms with Gasteiger partial charge in [-0.2, -0.15) is 10.1 Å². The molecule has 0 spiro atoms. The average molecular weight is 359 g/mol. The number of aromatic nitrogens is 4. The number of hydrogen-bond donors (Lipinski definition) is 0. The molecule has 0 bridgehead atoms. The SMILES string of the molecule is C=Cc1c(C(=O)OCC)nn(-c2cnc(N(C)C)nc2OC)c1C(C)C. The number of carbonyl (C=O) groups is 1. The zero-order valence-corrected chi connectivity index (χ0v) is 16.1. The molecule has 0 atom stereocenters. The van der Waals surface area contributed by atoms with Gasteiger partial charge in [0.25, 0.3) is 0 Å². The van der Waals surface area contributed by atoms with Gasteiger partial charge in [-0.3, -0.25) is 0 Å². The van der Waals surface area contributed by atoms with Gasteiger partial charge in [0.2, 0.25) is 11.8 Å². The summed E-state index contributed by atoms with van der Waals surface area (Å²) < 4.78 is 12.2. The predicted molar refractivity (Wildman–Crippen MR) is 100 cm³/mol. The predicted octanol–water partition coefficient (Wildman–Crippen LogP) is 2.68. The standard InChI is InChI=1S/C18H25N5O3/c1-8-12-14(17(24)26-9-2)21-23(15(12)11(3)4)13-10-19-18(22(5)6)20-16(13)25-7/h8,10-11H,1,9H2,2-7H3. The summed E-state index contributed by atoms with van der Waals surface area (Å²) in [5.74, 6) is 0.447. The minimum absolute atomic E-state index is 0.0666. The normalized spacial score (nSPS) is 10.7. The van der Waals surface area contributed by atoms with Crippen LogP contribution in [0.4, 0.5) is 5.95 Å². The van der Waals surface area contributed by atoms with Crippen molar-refractivity contribution in [1.29, 1.82) is 0 Å². The third-order valence-electron chi connectivity index (χ3n) is 3.72. The Morgan fingerprint density at radius 2 is 2.12 bits per heavy atom. The van der Waals surface area contributed by atoms with Crippen LogP contribution in [0, 0.1) is 0 Å². The lowest BCUT2D eigenvalue weighted by molar-refractivity contribution is 0.0518. The molecule has 2 rings (SSSR count). The molecule has 0 saturated carbocycles. The molecule has 0 radical (unpaired) electrons. The van der Waals surface area contributed by atoms with Crippen LogP contribution < -0.4 is 9.64 Å². The average Bonchev–Trinajstić information content (AvgIpc) is 3.00. The van der Waals surface area contributed by atoms with E-state index in [0.717, 1.165) is 5.69 Å². The van der Waals surface area contributed by atoms with E-state index in [1.807, 2.05) is 27.9 Å². The van der Waals surface area contributed by atoms with Crippen LogP contribution in [-0.2, 0) is 4.74 Å². The van der Waals surface area contributed by atoms with E-state index in [1.54, 1.807) is 28.8 Å². The van der Waals surface area contributed by atoms with Crippen LogP contribution in [0.15, 0.2) is 12.8 Å². The molecule has 0 N–H and O–H groups in total. The highest BCUT2D eigenvalue weighted by molar-refractivity contribution is 5.92. The van der Waals surface area contributed by atoms with Gasteiger partial charge in [0.1, 0.15) is 5.69 Å². The van der Waals surface area contributed by atoms with E-state index >= 15 is 0 Å². The summed E-state index contributed by atoms with van der Waals surface area (Å²) in [6.45, 7) is 9.88. The molecule has 0 saturated heterocycles. The number of nitrogens with zero attached hydrogens (tertiary/aromatic N) is 5. The summed E-state index contributed by atoms with van der Waals surface area (Å²) in [5.41, 5.74) is 2.20. The van der Waals surface area contributed by atoms with Crippen LogP contribution in [0.2, 0.25) is 0 Å². The van der Waals surface area contributed by atoms with Gasteiger partial charge >= 0.3 is 5.97 Å². The third kappa shape index (κ3) is 3.54. The quantitative estimate of drug-likeness (QED) is 0.703. The van der Waals surface area contributed by atoms with E-state index in [2.05, 4.69) is 21.6 Å². The highest BCUT2D eigenvalue weighted by Gasteiger charge is 2.26. The first-order valence-corrected chi connectivity index (χ1v) is 8.36. The number of esters is 1. The summed E-state index contributed by atoms with van der Waals surface area (Å²) in [7, 11) is 5.22. The molecule has 8 nitrogen and oxygen atoms in total. The molecular weight excluding hydrogens is 334 g/mol. The summed E-state index contributed by atoms with van der Waals surface area (Å²) in [6.07, 6.45) is 3.24. The van der Waals surface area contributed by atoms with Crippen molar-refractivity contribution in [3.63, 3.8) is 0 Å². The Morgan fingerprint density at radius 3 is 2.62 bits per heavy atom. The van der Waals surface area contributed by atoms with E-state index in [9.17, 15) is 4.79 Å². The van der Waals surface area contributed by atoms with Gasteiger partial charge in [0, 0.05) is 19.7 Å². The monoisotopic (exact) mass is 359 g/mol. The minimum atomic E-state index is -0.493. The summed E-state index contributed by atoms with van der Waals surface area (Å²) in [5, 5.41) is 4.47. The van der Waals surface area contributed by atoms with Crippen molar-refractivity contribution >= 4 is 18.0 Å². The van der Waals surface area contributed by atoms with Gasteiger partial charge in [-0.1, -0.05) is 26.5 Å². The molecule has 0 aliphatic carbocycles. The summed E-state index contributed by atoms with van der Waals surface area (Å²) in [6, 6.07) is 0. The van der Waals surface area contributed by atoms with Crippen LogP contribution in [0.1, 0.15) is 48.4 Å². The van der Waals surface area contributed by atoms with Crippen molar-refractivity contribution in [3.05, 3.63) is 29.7 Å². The Hall–Kier alpha value is -2.90. The first-order valence-electron chi connectivity index (χ1n) is 8.36. The Bertz CT molecular complexity index is 811. The maximum atomic E-state index is 12.3.